The van der Waals surface area contributed by atoms with Crippen LogP contribution in [0.25, 0.3) is 0 Å². The Bertz CT molecular complexity index is 255. The molecule has 1 unspecified atom stereocenters. The molecular weight excluding hydrogens is 193 g/mol. The fourth-order valence-electron chi connectivity index (χ4n) is 2.04. The molecule has 0 spiro atoms. The minimum absolute atomic E-state index is 0.137. The zero-order chi connectivity index (χ0) is 11.2. The first-order valence-electron chi connectivity index (χ1n) is 4.56. The van der Waals surface area contributed by atoms with Crippen LogP contribution in [-0.2, 0) is 0 Å². The van der Waals surface area contributed by atoms with Gasteiger partial charge in [0, 0.05) is 0 Å². The van der Waals surface area contributed by atoms with Crippen LogP contribution in [-0.4, -0.2) is 16.9 Å². The first-order valence-corrected chi connectivity index (χ1v) is 4.56. The van der Waals surface area contributed by atoms with Crippen LogP contribution in [0.2, 0.25) is 0 Å². The summed E-state index contributed by atoms with van der Waals surface area (Å²) >= 11 is 0. The number of hydrogen-bond acceptors (Lipinski definition) is 1. The number of aliphatic hydroxyl groups is 1. The molecule has 0 aromatic rings. The van der Waals surface area contributed by atoms with Crippen molar-refractivity contribution in [2.24, 2.45) is 5.41 Å². The average Bonchev–Trinajstić information content (AvgIpc) is 2.24. The van der Waals surface area contributed by atoms with Gasteiger partial charge in [-0.2, -0.15) is 13.2 Å². The Morgan fingerprint density at radius 3 is 2.07 bits per heavy atom. The highest BCUT2D eigenvalue weighted by molar-refractivity contribution is 5.21. The average molecular weight is 208 g/mol. The van der Waals surface area contributed by atoms with Crippen molar-refractivity contribution in [3.63, 3.8) is 0 Å². The molecule has 1 fully saturated rings. The van der Waals surface area contributed by atoms with Gasteiger partial charge in [0.2, 0.25) is 0 Å². The molecule has 4 heteroatoms. The Labute approximate surface area is 81.6 Å². The summed E-state index contributed by atoms with van der Waals surface area (Å²) < 4.78 is 37.0. The van der Waals surface area contributed by atoms with Gasteiger partial charge in [0.05, 0.1) is 11.2 Å². The molecule has 1 saturated carbocycles. The molecule has 0 aromatic carbocycles. The van der Waals surface area contributed by atoms with E-state index >= 15 is 0 Å². The molecule has 0 aliphatic heterocycles. The van der Waals surface area contributed by atoms with Gasteiger partial charge in [0.15, 0.2) is 0 Å². The molecule has 1 aliphatic carbocycles. The Morgan fingerprint density at radius 1 is 1.29 bits per heavy atom. The van der Waals surface area contributed by atoms with E-state index in [0.29, 0.717) is 6.42 Å². The van der Waals surface area contributed by atoms with Crippen molar-refractivity contribution >= 4 is 0 Å². The van der Waals surface area contributed by atoms with Crippen molar-refractivity contribution in [1.82, 2.24) is 0 Å². The SMILES string of the molecule is C=C(C(F)(F)F)C1(O)CCC(C)(C)C1. The molecule has 1 rings (SSSR count). The molecule has 1 atom stereocenters. The van der Waals surface area contributed by atoms with Crippen molar-refractivity contribution in [3.8, 4) is 0 Å². The second-order valence-electron chi connectivity index (χ2n) is 4.85. The summed E-state index contributed by atoms with van der Waals surface area (Å²) in [5.74, 6) is 0. The zero-order valence-corrected chi connectivity index (χ0v) is 8.41. The molecule has 0 saturated heterocycles. The molecule has 14 heavy (non-hydrogen) atoms. The van der Waals surface area contributed by atoms with Crippen LogP contribution in [0, 0.1) is 5.41 Å². The summed E-state index contributed by atoms with van der Waals surface area (Å²) in [5.41, 5.74) is -2.99. The van der Waals surface area contributed by atoms with Crippen LogP contribution in [0.15, 0.2) is 12.2 Å². The van der Waals surface area contributed by atoms with Gasteiger partial charge in [-0.05, 0) is 24.7 Å². The fraction of sp³-hybridized carbons (Fsp3) is 0.800. The summed E-state index contributed by atoms with van der Waals surface area (Å²) in [6, 6.07) is 0. The van der Waals surface area contributed by atoms with Gasteiger partial charge < -0.3 is 5.11 Å². The molecule has 1 aliphatic rings. The predicted molar refractivity (Wildman–Crippen MR) is 47.8 cm³/mol. The molecular formula is C10H15F3O. The maximum absolute atomic E-state index is 12.3. The summed E-state index contributed by atoms with van der Waals surface area (Å²) in [5, 5.41) is 9.81. The molecule has 0 amide bonds. The minimum atomic E-state index is -4.49. The highest BCUT2D eigenvalue weighted by Crippen LogP contribution is 2.49. The van der Waals surface area contributed by atoms with Crippen LogP contribution in [0.5, 0.6) is 0 Å². The van der Waals surface area contributed by atoms with Gasteiger partial charge in [-0.15, -0.1) is 0 Å². The summed E-state index contributed by atoms with van der Waals surface area (Å²) in [6.45, 7) is 6.68. The highest BCUT2D eigenvalue weighted by Gasteiger charge is 2.51. The summed E-state index contributed by atoms with van der Waals surface area (Å²) in [7, 11) is 0. The van der Waals surface area contributed by atoms with Crippen LogP contribution in [0.1, 0.15) is 33.1 Å². The number of hydrogen-bond donors (Lipinski definition) is 1. The van der Waals surface area contributed by atoms with E-state index in [0.717, 1.165) is 0 Å². The Kier molecular flexibility index (Phi) is 2.47. The smallest absolute Gasteiger partial charge is 0.385 e. The van der Waals surface area contributed by atoms with E-state index in [-0.39, 0.29) is 18.3 Å². The highest BCUT2D eigenvalue weighted by atomic mass is 19.4. The predicted octanol–water partition coefficient (Wildman–Crippen LogP) is 3.05. The van der Waals surface area contributed by atoms with Crippen LogP contribution >= 0.6 is 0 Å². The van der Waals surface area contributed by atoms with Gasteiger partial charge in [-0.25, -0.2) is 0 Å². The molecule has 82 valence electrons. The largest absolute Gasteiger partial charge is 0.414 e. The molecule has 0 bridgehead atoms. The fourth-order valence-corrected chi connectivity index (χ4v) is 2.04. The van der Waals surface area contributed by atoms with E-state index < -0.39 is 17.4 Å². The molecule has 0 heterocycles. The molecule has 0 aromatic heterocycles. The second-order valence-corrected chi connectivity index (χ2v) is 4.85. The monoisotopic (exact) mass is 208 g/mol. The number of halogens is 3. The van der Waals surface area contributed by atoms with E-state index in [4.69, 9.17) is 0 Å². The molecule has 1 N–H and O–H groups in total. The van der Waals surface area contributed by atoms with Gasteiger partial charge in [0.25, 0.3) is 0 Å². The van der Waals surface area contributed by atoms with Crippen LogP contribution in [0.3, 0.4) is 0 Å². The third kappa shape index (κ3) is 2.11. The van der Waals surface area contributed by atoms with Gasteiger partial charge in [0.1, 0.15) is 0 Å². The van der Waals surface area contributed by atoms with E-state index in [9.17, 15) is 18.3 Å². The van der Waals surface area contributed by atoms with Crippen LogP contribution in [0.4, 0.5) is 13.2 Å². The van der Waals surface area contributed by atoms with Crippen molar-refractivity contribution in [1.29, 1.82) is 0 Å². The number of rotatable bonds is 1. The lowest BCUT2D eigenvalue weighted by Gasteiger charge is -2.28. The Morgan fingerprint density at radius 2 is 1.79 bits per heavy atom. The Hall–Kier alpha value is -0.510. The first-order chi connectivity index (χ1) is 6.07. The zero-order valence-electron chi connectivity index (χ0n) is 8.41. The third-order valence-electron chi connectivity index (χ3n) is 2.89. The third-order valence-corrected chi connectivity index (χ3v) is 2.89. The summed E-state index contributed by atoms with van der Waals surface area (Å²) in [4.78, 5) is 0. The van der Waals surface area contributed by atoms with Crippen molar-refractivity contribution in [2.75, 3.05) is 0 Å². The van der Waals surface area contributed by atoms with Crippen molar-refractivity contribution in [3.05, 3.63) is 12.2 Å². The Balaban J connectivity index is 2.84. The topological polar surface area (TPSA) is 20.2 Å². The lowest BCUT2D eigenvalue weighted by Crippen LogP contribution is -2.35. The van der Waals surface area contributed by atoms with Crippen molar-refractivity contribution < 1.29 is 18.3 Å². The second kappa shape index (κ2) is 2.99. The lowest BCUT2D eigenvalue weighted by atomic mass is 9.86. The normalized spacial score (nSPS) is 31.9. The van der Waals surface area contributed by atoms with Gasteiger partial charge >= 0.3 is 6.18 Å². The van der Waals surface area contributed by atoms with Gasteiger partial charge in [-0.3, -0.25) is 0 Å². The maximum atomic E-state index is 12.3. The standard InChI is InChI=1S/C10H15F3O/c1-7(10(11,12)13)9(14)5-4-8(2,3)6-9/h14H,1,4-6H2,2-3H3. The minimum Gasteiger partial charge on any atom is -0.385 e. The van der Waals surface area contributed by atoms with E-state index in [1.54, 1.807) is 0 Å². The van der Waals surface area contributed by atoms with Crippen LogP contribution < -0.4 is 0 Å². The maximum Gasteiger partial charge on any atom is 0.414 e. The van der Waals surface area contributed by atoms with Gasteiger partial charge in [-0.1, -0.05) is 20.4 Å². The quantitative estimate of drug-likeness (QED) is 0.656. The van der Waals surface area contributed by atoms with Crippen molar-refractivity contribution in [2.45, 2.75) is 44.9 Å². The number of alkyl halides is 3. The first kappa shape index (κ1) is 11.6. The van der Waals surface area contributed by atoms with E-state index in [2.05, 4.69) is 6.58 Å². The van der Waals surface area contributed by atoms with E-state index in [1.807, 2.05) is 13.8 Å². The molecule has 0 radical (unpaired) electrons. The summed E-state index contributed by atoms with van der Waals surface area (Å²) in [6.07, 6.45) is -3.61. The molecule has 1 nitrogen and oxygen atoms in total. The van der Waals surface area contributed by atoms with E-state index in [1.165, 1.54) is 0 Å². The lowest BCUT2D eigenvalue weighted by molar-refractivity contribution is -0.120.